The summed E-state index contributed by atoms with van der Waals surface area (Å²) in [4.78, 5) is 0. The van der Waals surface area contributed by atoms with Crippen LogP contribution in [0.2, 0.25) is 10.0 Å². The molecular formula is C13H19Cl2NO3. The molecule has 0 amide bonds. The minimum atomic E-state index is 0.324. The van der Waals surface area contributed by atoms with E-state index in [2.05, 4.69) is 0 Å². The Morgan fingerprint density at radius 2 is 1.89 bits per heavy atom. The van der Waals surface area contributed by atoms with E-state index in [1.165, 1.54) is 0 Å². The first-order valence-electron chi connectivity index (χ1n) is 6.06. The fourth-order valence-corrected chi connectivity index (χ4v) is 2.13. The van der Waals surface area contributed by atoms with Crippen molar-refractivity contribution in [3.05, 3.63) is 27.7 Å². The maximum Gasteiger partial charge on any atom is 0.142 e. The lowest BCUT2D eigenvalue weighted by molar-refractivity contribution is 0.0804. The summed E-state index contributed by atoms with van der Waals surface area (Å²) in [5, 5.41) is 1.01. The maximum absolute atomic E-state index is 6.07. The van der Waals surface area contributed by atoms with E-state index in [9.17, 15) is 0 Å². The number of hydrogen-bond acceptors (Lipinski definition) is 4. The van der Waals surface area contributed by atoms with Crippen LogP contribution in [-0.4, -0.2) is 33.5 Å². The third-order valence-corrected chi connectivity index (χ3v) is 2.92. The molecule has 0 heterocycles. The van der Waals surface area contributed by atoms with Crippen LogP contribution in [-0.2, 0) is 16.0 Å². The van der Waals surface area contributed by atoms with Gasteiger partial charge in [0.15, 0.2) is 0 Å². The smallest absolute Gasteiger partial charge is 0.142 e. The first kappa shape index (κ1) is 16.5. The molecule has 108 valence electrons. The summed E-state index contributed by atoms with van der Waals surface area (Å²) >= 11 is 12.0. The quantitative estimate of drug-likeness (QED) is 0.713. The fraction of sp³-hybridized carbons (Fsp3) is 0.538. The number of benzene rings is 1. The van der Waals surface area contributed by atoms with Gasteiger partial charge in [0.1, 0.15) is 12.4 Å². The zero-order chi connectivity index (χ0) is 14.1. The second kappa shape index (κ2) is 9.39. The third-order valence-electron chi connectivity index (χ3n) is 2.42. The van der Waals surface area contributed by atoms with E-state index < -0.39 is 0 Å². The van der Waals surface area contributed by atoms with Crippen molar-refractivity contribution in [3.8, 4) is 5.75 Å². The van der Waals surface area contributed by atoms with Crippen LogP contribution < -0.4 is 10.5 Å². The molecule has 19 heavy (non-hydrogen) atoms. The molecule has 1 aromatic carbocycles. The molecule has 1 aromatic rings. The van der Waals surface area contributed by atoms with Crippen molar-refractivity contribution in [2.45, 2.75) is 13.0 Å². The molecule has 0 fully saturated rings. The molecule has 0 radical (unpaired) electrons. The Labute approximate surface area is 123 Å². The molecule has 4 nitrogen and oxygen atoms in total. The highest BCUT2D eigenvalue weighted by Gasteiger charge is 2.09. The lowest BCUT2D eigenvalue weighted by Gasteiger charge is -2.13. The average molecular weight is 308 g/mol. The highest BCUT2D eigenvalue weighted by atomic mass is 35.5. The number of rotatable bonds is 9. The molecule has 1 rings (SSSR count). The van der Waals surface area contributed by atoms with Crippen molar-refractivity contribution in [3.63, 3.8) is 0 Å². The molecule has 0 aliphatic carbocycles. The SMILES string of the molecule is COCCCOCCOc1c(Cl)cc(Cl)cc1CN. The van der Waals surface area contributed by atoms with Gasteiger partial charge >= 0.3 is 0 Å². The Kier molecular flexibility index (Phi) is 8.18. The predicted molar refractivity (Wildman–Crippen MR) is 77.2 cm³/mol. The van der Waals surface area contributed by atoms with Gasteiger partial charge in [0.2, 0.25) is 0 Å². The number of halogens is 2. The van der Waals surface area contributed by atoms with Gasteiger partial charge < -0.3 is 19.9 Å². The average Bonchev–Trinajstić information content (AvgIpc) is 2.39. The van der Waals surface area contributed by atoms with Gasteiger partial charge in [0, 0.05) is 37.5 Å². The van der Waals surface area contributed by atoms with Crippen molar-refractivity contribution in [2.75, 3.05) is 33.5 Å². The Bertz CT molecular complexity index is 388. The summed E-state index contributed by atoms with van der Waals surface area (Å²) in [7, 11) is 1.67. The Morgan fingerprint density at radius 1 is 1.11 bits per heavy atom. The van der Waals surface area contributed by atoms with E-state index in [0.29, 0.717) is 48.8 Å². The normalized spacial score (nSPS) is 10.7. The molecule has 0 bridgehead atoms. The Hall–Kier alpha value is -0.520. The molecule has 0 aliphatic rings. The minimum absolute atomic E-state index is 0.324. The van der Waals surface area contributed by atoms with E-state index in [1.54, 1.807) is 19.2 Å². The summed E-state index contributed by atoms with van der Waals surface area (Å²) < 4.78 is 15.9. The number of methoxy groups -OCH3 is 1. The van der Waals surface area contributed by atoms with Crippen LogP contribution in [0.5, 0.6) is 5.75 Å². The zero-order valence-corrected chi connectivity index (χ0v) is 12.5. The Morgan fingerprint density at radius 3 is 2.58 bits per heavy atom. The molecule has 0 saturated carbocycles. The van der Waals surface area contributed by atoms with Crippen molar-refractivity contribution < 1.29 is 14.2 Å². The summed E-state index contributed by atoms with van der Waals surface area (Å²) in [5.41, 5.74) is 6.42. The van der Waals surface area contributed by atoms with Gasteiger partial charge in [-0.15, -0.1) is 0 Å². The molecular weight excluding hydrogens is 289 g/mol. The lowest BCUT2D eigenvalue weighted by Crippen LogP contribution is -2.10. The molecule has 0 unspecified atom stereocenters. The van der Waals surface area contributed by atoms with Crippen molar-refractivity contribution >= 4 is 23.2 Å². The zero-order valence-electron chi connectivity index (χ0n) is 11.0. The van der Waals surface area contributed by atoms with Crippen molar-refractivity contribution in [1.82, 2.24) is 0 Å². The van der Waals surface area contributed by atoms with E-state index in [0.717, 1.165) is 12.0 Å². The van der Waals surface area contributed by atoms with Crippen LogP contribution in [0.15, 0.2) is 12.1 Å². The van der Waals surface area contributed by atoms with Gasteiger partial charge in [-0.3, -0.25) is 0 Å². The summed E-state index contributed by atoms with van der Waals surface area (Å²) in [5.74, 6) is 0.578. The predicted octanol–water partition coefficient (Wildman–Crippen LogP) is 2.88. The maximum atomic E-state index is 6.07. The van der Waals surface area contributed by atoms with Crippen molar-refractivity contribution in [2.24, 2.45) is 5.73 Å². The summed E-state index contributed by atoms with van der Waals surface area (Å²) in [6.45, 7) is 2.58. The first-order valence-corrected chi connectivity index (χ1v) is 6.82. The third kappa shape index (κ3) is 5.97. The van der Waals surface area contributed by atoms with Gasteiger partial charge in [-0.25, -0.2) is 0 Å². The molecule has 6 heteroatoms. The lowest BCUT2D eigenvalue weighted by atomic mass is 10.2. The van der Waals surface area contributed by atoms with Crippen LogP contribution in [0.25, 0.3) is 0 Å². The number of ether oxygens (including phenoxy) is 3. The minimum Gasteiger partial charge on any atom is -0.489 e. The molecule has 0 spiro atoms. The van der Waals surface area contributed by atoms with Gasteiger partial charge in [0.05, 0.1) is 11.6 Å². The Balaban J connectivity index is 2.36. The van der Waals surface area contributed by atoms with Crippen LogP contribution in [0.3, 0.4) is 0 Å². The van der Waals surface area contributed by atoms with Crippen LogP contribution in [0.1, 0.15) is 12.0 Å². The van der Waals surface area contributed by atoms with E-state index in [4.69, 9.17) is 43.1 Å². The van der Waals surface area contributed by atoms with Gasteiger partial charge in [-0.05, 0) is 18.6 Å². The summed E-state index contributed by atoms with van der Waals surface area (Å²) in [6.07, 6.45) is 0.867. The monoisotopic (exact) mass is 307 g/mol. The van der Waals surface area contributed by atoms with Crippen LogP contribution in [0, 0.1) is 0 Å². The second-order valence-corrected chi connectivity index (χ2v) is 4.73. The van der Waals surface area contributed by atoms with Crippen LogP contribution >= 0.6 is 23.2 Å². The van der Waals surface area contributed by atoms with Gasteiger partial charge in [-0.2, -0.15) is 0 Å². The van der Waals surface area contributed by atoms with Crippen molar-refractivity contribution in [1.29, 1.82) is 0 Å². The highest BCUT2D eigenvalue weighted by Crippen LogP contribution is 2.32. The van der Waals surface area contributed by atoms with Gasteiger partial charge in [-0.1, -0.05) is 23.2 Å². The molecule has 2 N–H and O–H groups in total. The molecule has 0 aliphatic heterocycles. The van der Waals surface area contributed by atoms with Gasteiger partial charge in [0.25, 0.3) is 0 Å². The topological polar surface area (TPSA) is 53.7 Å². The van der Waals surface area contributed by atoms with E-state index >= 15 is 0 Å². The number of nitrogens with two attached hydrogens (primary N) is 1. The fourth-order valence-electron chi connectivity index (χ4n) is 1.54. The largest absolute Gasteiger partial charge is 0.489 e. The molecule has 0 atom stereocenters. The second-order valence-electron chi connectivity index (χ2n) is 3.89. The standard InChI is InChI=1S/C13H19Cl2NO3/c1-17-3-2-4-18-5-6-19-13-10(9-16)7-11(14)8-12(13)15/h7-8H,2-6,9,16H2,1H3. The first-order chi connectivity index (χ1) is 9.19. The summed E-state index contributed by atoms with van der Waals surface area (Å²) in [6, 6.07) is 3.39. The van der Waals surface area contributed by atoms with Crippen LogP contribution in [0.4, 0.5) is 0 Å². The molecule has 0 aromatic heterocycles. The van der Waals surface area contributed by atoms with E-state index in [-0.39, 0.29) is 0 Å². The number of hydrogen-bond donors (Lipinski definition) is 1. The molecule has 0 saturated heterocycles. The highest BCUT2D eigenvalue weighted by molar-refractivity contribution is 6.35. The van der Waals surface area contributed by atoms with E-state index in [1.807, 2.05) is 0 Å².